The molecule has 0 aliphatic rings. The topological polar surface area (TPSA) is 42.9 Å². The first kappa shape index (κ1) is 11.8. The number of ketones is 1. The van der Waals surface area contributed by atoms with Crippen molar-refractivity contribution in [2.24, 2.45) is 0 Å². The number of hydrogen-bond acceptors (Lipinski definition) is 5. The number of Topliss-reactive ketones (excluding diaryl/α,β-unsaturated/α-hetero) is 1. The van der Waals surface area contributed by atoms with E-state index in [-0.39, 0.29) is 5.78 Å². The van der Waals surface area contributed by atoms with E-state index in [2.05, 4.69) is 26.1 Å². The summed E-state index contributed by atoms with van der Waals surface area (Å²) in [7, 11) is 0. The van der Waals surface area contributed by atoms with Crippen molar-refractivity contribution in [1.29, 1.82) is 0 Å². The second kappa shape index (κ2) is 5.56. The van der Waals surface area contributed by atoms with Gasteiger partial charge in [0.25, 0.3) is 0 Å². The van der Waals surface area contributed by atoms with E-state index in [1.807, 2.05) is 24.3 Å². The van der Waals surface area contributed by atoms with Crippen molar-refractivity contribution in [3.05, 3.63) is 39.8 Å². The molecule has 0 radical (unpaired) electrons. The van der Waals surface area contributed by atoms with Crippen LogP contribution in [0.3, 0.4) is 0 Å². The summed E-state index contributed by atoms with van der Waals surface area (Å²) in [6, 6.07) is 7.39. The maximum atomic E-state index is 11.8. The van der Waals surface area contributed by atoms with Crippen LogP contribution in [0.1, 0.15) is 10.4 Å². The van der Waals surface area contributed by atoms with Crippen LogP contribution in [0.2, 0.25) is 0 Å². The van der Waals surface area contributed by atoms with Gasteiger partial charge in [-0.25, -0.2) is 0 Å². The molecule has 1 aromatic carbocycles. The molecule has 0 amide bonds. The summed E-state index contributed by atoms with van der Waals surface area (Å²) in [6.45, 7) is 0. The van der Waals surface area contributed by atoms with Crippen LogP contribution in [0.25, 0.3) is 0 Å². The van der Waals surface area contributed by atoms with Crippen molar-refractivity contribution in [3.63, 3.8) is 0 Å². The molecule has 82 valence electrons. The Kier molecular flexibility index (Phi) is 4.09. The number of halogens is 1. The molecule has 0 atom stereocenters. The maximum absolute atomic E-state index is 11.8. The van der Waals surface area contributed by atoms with Crippen LogP contribution < -0.4 is 0 Å². The Morgan fingerprint density at radius 1 is 1.50 bits per heavy atom. The largest absolute Gasteiger partial charge is 0.293 e. The van der Waals surface area contributed by atoms with Gasteiger partial charge in [-0.1, -0.05) is 51.2 Å². The average molecular weight is 315 g/mol. The molecule has 2 aromatic rings. The number of hydrogen-bond donors (Lipinski definition) is 0. The van der Waals surface area contributed by atoms with Crippen LogP contribution in [-0.2, 0) is 0 Å². The first-order chi connectivity index (χ1) is 7.75. The quantitative estimate of drug-likeness (QED) is 0.641. The van der Waals surface area contributed by atoms with Crippen LogP contribution in [0, 0.1) is 0 Å². The van der Waals surface area contributed by atoms with Gasteiger partial charge < -0.3 is 0 Å². The van der Waals surface area contributed by atoms with Crippen molar-refractivity contribution in [2.75, 3.05) is 5.75 Å². The number of rotatable bonds is 4. The molecule has 0 N–H and O–H groups in total. The second-order valence-electron chi connectivity index (χ2n) is 2.93. The van der Waals surface area contributed by atoms with Gasteiger partial charge in [0.2, 0.25) is 0 Å². The fourth-order valence-corrected chi connectivity index (χ4v) is 2.88. The van der Waals surface area contributed by atoms with E-state index in [1.165, 1.54) is 23.1 Å². The van der Waals surface area contributed by atoms with Gasteiger partial charge in [0, 0.05) is 10.0 Å². The summed E-state index contributed by atoms with van der Waals surface area (Å²) in [5.41, 5.74) is 2.37. The molecule has 0 fully saturated rings. The molecule has 0 spiro atoms. The van der Waals surface area contributed by atoms with E-state index < -0.39 is 0 Å². The van der Waals surface area contributed by atoms with Gasteiger partial charge in [0.1, 0.15) is 5.51 Å². The predicted molar refractivity (Wildman–Crippen MR) is 69.1 cm³/mol. The molecule has 0 aliphatic carbocycles. The lowest BCUT2D eigenvalue weighted by atomic mass is 10.2. The first-order valence-electron chi connectivity index (χ1n) is 4.43. The van der Waals surface area contributed by atoms with Crippen LogP contribution in [0.15, 0.2) is 38.6 Å². The Morgan fingerprint density at radius 2 is 2.38 bits per heavy atom. The molecule has 6 heteroatoms. The first-order valence-corrected chi connectivity index (χ1v) is 7.09. The summed E-state index contributed by atoms with van der Waals surface area (Å²) in [4.78, 5) is 11.8. The minimum Gasteiger partial charge on any atom is -0.293 e. The lowest BCUT2D eigenvalue weighted by Gasteiger charge is -1.99. The number of nitrogens with zero attached hydrogens (tertiary/aromatic N) is 2. The lowest BCUT2D eigenvalue weighted by Crippen LogP contribution is -2.01. The van der Waals surface area contributed by atoms with E-state index >= 15 is 0 Å². The number of thioether (sulfide) groups is 1. The van der Waals surface area contributed by atoms with Crippen molar-refractivity contribution >= 4 is 44.8 Å². The summed E-state index contributed by atoms with van der Waals surface area (Å²) in [5, 5.41) is 7.59. The SMILES string of the molecule is O=C(CSc1nncs1)c1cccc(Br)c1. The van der Waals surface area contributed by atoms with Crippen molar-refractivity contribution in [3.8, 4) is 0 Å². The second-order valence-corrected chi connectivity index (χ2v) is 5.90. The molecule has 0 bridgehead atoms. The minimum atomic E-state index is 0.0986. The van der Waals surface area contributed by atoms with E-state index in [4.69, 9.17) is 0 Å². The molecule has 0 saturated carbocycles. The van der Waals surface area contributed by atoms with Crippen LogP contribution in [-0.4, -0.2) is 21.7 Å². The van der Waals surface area contributed by atoms with Crippen LogP contribution >= 0.6 is 39.0 Å². The molecule has 1 heterocycles. The van der Waals surface area contributed by atoms with Gasteiger partial charge in [-0.3, -0.25) is 4.79 Å². The van der Waals surface area contributed by atoms with Gasteiger partial charge in [-0.05, 0) is 12.1 Å². The maximum Gasteiger partial charge on any atom is 0.174 e. The zero-order valence-electron chi connectivity index (χ0n) is 8.09. The third kappa shape index (κ3) is 3.13. The highest BCUT2D eigenvalue weighted by molar-refractivity contribution is 9.10. The average Bonchev–Trinajstić information content (AvgIpc) is 2.78. The number of carbonyl (C=O) groups excluding carboxylic acids is 1. The molecule has 2 rings (SSSR count). The van der Waals surface area contributed by atoms with Crippen molar-refractivity contribution < 1.29 is 4.79 Å². The van der Waals surface area contributed by atoms with Gasteiger partial charge in [-0.2, -0.15) is 0 Å². The van der Waals surface area contributed by atoms with E-state index in [0.29, 0.717) is 11.3 Å². The zero-order valence-corrected chi connectivity index (χ0v) is 11.3. The molecule has 3 nitrogen and oxygen atoms in total. The third-order valence-electron chi connectivity index (χ3n) is 1.81. The monoisotopic (exact) mass is 314 g/mol. The Labute approximate surface area is 109 Å². The molecular weight excluding hydrogens is 308 g/mol. The van der Waals surface area contributed by atoms with Gasteiger partial charge in [0.05, 0.1) is 5.75 Å². The van der Waals surface area contributed by atoms with E-state index in [9.17, 15) is 4.79 Å². The highest BCUT2D eigenvalue weighted by Crippen LogP contribution is 2.21. The minimum absolute atomic E-state index is 0.0986. The summed E-state index contributed by atoms with van der Waals surface area (Å²) < 4.78 is 1.74. The highest BCUT2D eigenvalue weighted by Gasteiger charge is 2.08. The molecule has 16 heavy (non-hydrogen) atoms. The van der Waals surface area contributed by atoms with Gasteiger partial charge in [-0.15, -0.1) is 10.2 Å². The Hall–Kier alpha value is -0.720. The number of benzene rings is 1. The third-order valence-corrected chi connectivity index (χ3v) is 4.17. The molecule has 1 aromatic heterocycles. The molecule has 0 saturated heterocycles. The summed E-state index contributed by atoms with van der Waals surface area (Å²) in [5.74, 6) is 0.493. The fraction of sp³-hybridized carbons (Fsp3) is 0.100. The summed E-state index contributed by atoms with van der Waals surface area (Å²) >= 11 is 6.20. The fourth-order valence-electron chi connectivity index (χ4n) is 1.10. The Morgan fingerprint density at radius 3 is 3.06 bits per heavy atom. The molecule has 0 aliphatic heterocycles. The van der Waals surface area contributed by atoms with E-state index in [1.54, 1.807) is 5.51 Å². The Balaban J connectivity index is 1.98. The van der Waals surface area contributed by atoms with Crippen LogP contribution in [0.4, 0.5) is 0 Å². The number of carbonyl (C=O) groups is 1. The van der Waals surface area contributed by atoms with Crippen molar-refractivity contribution in [1.82, 2.24) is 10.2 Å². The predicted octanol–water partition coefficient (Wildman–Crippen LogP) is 3.28. The summed E-state index contributed by atoms with van der Waals surface area (Å²) in [6.07, 6.45) is 0. The Bertz CT molecular complexity index is 487. The molecule has 0 unspecified atom stereocenters. The zero-order chi connectivity index (χ0) is 11.4. The normalized spacial score (nSPS) is 10.3. The number of aromatic nitrogens is 2. The standard InChI is InChI=1S/C10H7BrN2OS2/c11-8-3-1-2-7(4-8)9(14)5-15-10-13-12-6-16-10/h1-4,6H,5H2. The highest BCUT2D eigenvalue weighted by atomic mass is 79.9. The van der Waals surface area contributed by atoms with Gasteiger partial charge >= 0.3 is 0 Å². The van der Waals surface area contributed by atoms with Crippen LogP contribution in [0.5, 0.6) is 0 Å². The smallest absolute Gasteiger partial charge is 0.174 e. The van der Waals surface area contributed by atoms with E-state index in [0.717, 1.165) is 8.81 Å². The lowest BCUT2D eigenvalue weighted by molar-refractivity contribution is 0.102. The van der Waals surface area contributed by atoms with Crippen molar-refractivity contribution in [2.45, 2.75) is 4.34 Å². The van der Waals surface area contributed by atoms with Gasteiger partial charge in [0.15, 0.2) is 10.1 Å². The molecular formula is C10H7BrN2OS2.